The summed E-state index contributed by atoms with van der Waals surface area (Å²) in [6, 6.07) is 8.65. The average Bonchev–Trinajstić information content (AvgIpc) is 2.47. The van der Waals surface area contributed by atoms with Crippen LogP contribution in [0.4, 0.5) is 0 Å². The molecule has 0 aliphatic heterocycles. The van der Waals surface area contributed by atoms with Gasteiger partial charge in [0.05, 0.1) is 5.52 Å². The van der Waals surface area contributed by atoms with Crippen LogP contribution in [0, 0.1) is 6.92 Å². The second-order valence-electron chi connectivity index (χ2n) is 4.87. The summed E-state index contributed by atoms with van der Waals surface area (Å²) in [4.78, 5) is 0. The summed E-state index contributed by atoms with van der Waals surface area (Å²) in [7, 11) is 0. The van der Waals surface area contributed by atoms with E-state index in [1.807, 2.05) is 0 Å². The van der Waals surface area contributed by atoms with Gasteiger partial charge in [-0.1, -0.05) is 18.2 Å². The topological polar surface area (TPSA) is 4.93 Å². The molecular formula is C13H17N. The second-order valence-corrected chi connectivity index (χ2v) is 4.87. The molecular weight excluding hydrogens is 170 g/mol. The molecule has 0 radical (unpaired) electrons. The maximum Gasteiger partial charge on any atom is 0.0514 e. The number of fused-ring (bicyclic) bond motifs is 1. The summed E-state index contributed by atoms with van der Waals surface area (Å²) < 4.78 is 2.34. The molecule has 2 rings (SSSR count). The van der Waals surface area contributed by atoms with Crippen molar-refractivity contribution < 1.29 is 0 Å². The highest BCUT2D eigenvalue weighted by Crippen LogP contribution is 2.25. The molecule has 0 atom stereocenters. The van der Waals surface area contributed by atoms with Gasteiger partial charge in [-0.25, -0.2) is 0 Å². The van der Waals surface area contributed by atoms with Crippen LogP contribution in [0.2, 0.25) is 0 Å². The Kier molecular flexibility index (Phi) is 1.91. The van der Waals surface area contributed by atoms with Crippen LogP contribution < -0.4 is 0 Å². The third-order valence-corrected chi connectivity index (χ3v) is 2.64. The van der Waals surface area contributed by atoms with Crippen molar-refractivity contribution in [3.63, 3.8) is 0 Å². The monoisotopic (exact) mass is 187 g/mol. The maximum atomic E-state index is 2.34. The first kappa shape index (κ1) is 9.32. The SMILES string of the molecule is Cc1cccc2ccn(C(C)(C)C)c12. The van der Waals surface area contributed by atoms with Crippen molar-refractivity contribution in [2.75, 3.05) is 0 Å². The number of hydrogen-bond donors (Lipinski definition) is 0. The molecule has 1 aromatic heterocycles. The van der Waals surface area contributed by atoms with E-state index in [1.54, 1.807) is 0 Å². The molecule has 0 amide bonds. The van der Waals surface area contributed by atoms with Gasteiger partial charge in [-0.2, -0.15) is 0 Å². The normalized spacial score (nSPS) is 12.3. The zero-order chi connectivity index (χ0) is 10.3. The molecule has 0 saturated heterocycles. The number of rotatable bonds is 0. The molecule has 0 aliphatic rings. The molecule has 1 aromatic carbocycles. The van der Waals surface area contributed by atoms with Crippen LogP contribution in [-0.2, 0) is 5.54 Å². The highest BCUT2D eigenvalue weighted by Gasteiger charge is 2.15. The zero-order valence-electron chi connectivity index (χ0n) is 9.33. The van der Waals surface area contributed by atoms with Crippen molar-refractivity contribution in [3.05, 3.63) is 36.0 Å². The summed E-state index contributed by atoms with van der Waals surface area (Å²) in [5, 5.41) is 1.33. The lowest BCUT2D eigenvalue weighted by Crippen LogP contribution is -2.20. The Labute approximate surface area is 85.4 Å². The lowest BCUT2D eigenvalue weighted by atomic mass is 10.1. The molecule has 0 unspecified atom stereocenters. The van der Waals surface area contributed by atoms with Gasteiger partial charge in [0, 0.05) is 11.7 Å². The molecule has 0 bridgehead atoms. The van der Waals surface area contributed by atoms with Crippen LogP contribution >= 0.6 is 0 Å². The van der Waals surface area contributed by atoms with E-state index in [9.17, 15) is 0 Å². The molecule has 0 saturated carbocycles. The van der Waals surface area contributed by atoms with Crippen molar-refractivity contribution in [1.82, 2.24) is 4.57 Å². The number of para-hydroxylation sites is 1. The third-order valence-electron chi connectivity index (χ3n) is 2.64. The highest BCUT2D eigenvalue weighted by molar-refractivity contribution is 5.83. The minimum Gasteiger partial charge on any atom is -0.342 e. The first-order valence-corrected chi connectivity index (χ1v) is 5.07. The molecule has 0 fully saturated rings. The summed E-state index contributed by atoms with van der Waals surface area (Å²) in [6.45, 7) is 8.88. The molecule has 1 heterocycles. The fourth-order valence-corrected chi connectivity index (χ4v) is 1.93. The van der Waals surface area contributed by atoms with Gasteiger partial charge < -0.3 is 4.57 Å². The van der Waals surface area contributed by atoms with E-state index in [-0.39, 0.29) is 5.54 Å². The van der Waals surface area contributed by atoms with E-state index in [0.717, 1.165) is 0 Å². The Bertz CT molecular complexity index is 458. The fourth-order valence-electron chi connectivity index (χ4n) is 1.93. The number of hydrogen-bond acceptors (Lipinski definition) is 0. The lowest BCUT2D eigenvalue weighted by molar-refractivity contribution is 0.410. The Morgan fingerprint density at radius 2 is 1.79 bits per heavy atom. The van der Waals surface area contributed by atoms with Crippen LogP contribution in [0.25, 0.3) is 10.9 Å². The van der Waals surface area contributed by atoms with E-state index in [4.69, 9.17) is 0 Å². The van der Waals surface area contributed by atoms with Gasteiger partial charge in [0.1, 0.15) is 0 Å². The van der Waals surface area contributed by atoms with Crippen LogP contribution in [0.15, 0.2) is 30.5 Å². The largest absolute Gasteiger partial charge is 0.342 e. The zero-order valence-corrected chi connectivity index (χ0v) is 9.33. The average molecular weight is 187 g/mol. The summed E-state index contributed by atoms with van der Waals surface area (Å²) >= 11 is 0. The van der Waals surface area contributed by atoms with Gasteiger partial charge in [-0.05, 0) is 44.7 Å². The van der Waals surface area contributed by atoms with E-state index >= 15 is 0 Å². The smallest absolute Gasteiger partial charge is 0.0514 e. The first-order valence-electron chi connectivity index (χ1n) is 5.07. The van der Waals surface area contributed by atoms with Gasteiger partial charge in [-0.3, -0.25) is 0 Å². The lowest BCUT2D eigenvalue weighted by Gasteiger charge is -2.23. The second kappa shape index (κ2) is 2.88. The molecule has 1 heteroatoms. The van der Waals surface area contributed by atoms with E-state index in [2.05, 4.69) is 62.7 Å². The van der Waals surface area contributed by atoms with Crippen LogP contribution in [0.1, 0.15) is 26.3 Å². The molecule has 14 heavy (non-hydrogen) atoms. The molecule has 0 spiro atoms. The van der Waals surface area contributed by atoms with Gasteiger partial charge >= 0.3 is 0 Å². The molecule has 1 nitrogen and oxygen atoms in total. The predicted octanol–water partition coefficient (Wildman–Crippen LogP) is 3.70. The molecule has 0 N–H and O–H groups in total. The highest BCUT2D eigenvalue weighted by atomic mass is 15.0. The Morgan fingerprint density at radius 1 is 1.07 bits per heavy atom. The minimum atomic E-state index is 0.161. The summed E-state index contributed by atoms with van der Waals surface area (Å²) in [5.74, 6) is 0. The molecule has 74 valence electrons. The molecule has 2 aromatic rings. The van der Waals surface area contributed by atoms with Crippen molar-refractivity contribution in [2.45, 2.75) is 33.2 Å². The Hall–Kier alpha value is -1.24. The standard InChI is InChI=1S/C13H17N/c1-10-6-5-7-11-8-9-14(12(10)11)13(2,3)4/h5-9H,1-4H3. The third kappa shape index (κ3) is 1.33. The Balaban J connectivity index is 2.80. The van der Waals surface area contributed by atoms with E-state index in [1.165, 1.54) is 16.5 Å². The summed E-state index contributed by atoms with van der Waals surface area (Å²) in [5.41, 5.74) is 2.87. The van der Waals surface area contributed by atoms with Crippen molar-refractivity contribution >= 4 is 10.9 Å². The predicted molar refractivity (Wildman–Crippen MR) is 61.7 cm³/mol. The van der Waals surface area contributed by atoms with Gasteiger partial charge in [0.15, 0.2) is 0 Å². The number of aryl methyl sites for hydroxylation is 1. The van der Waals surface area contributed by atoms with Gasteiger partial charge in [0.25, 0.3) is 0 Å². The van der Waals surface area contributed by atoms with Gasteiger partial charge in [-0.15, -0.1) is 0 Å². The van der Waals surface area contributed by atoms with Crippen LogP contribution in [-0.4, -0.2) is 4.57 Å². The summed E-state index contributed by atoms with van der Waals surface area (Å²) in [6.07, 6.45) is 2.18. The fraction of sp³-hybridized carbons (Fsp3) is 0.385. The van der Waals surface area contributed by atoms with Crippen LogP contribution in [0.5, 0.6) is 0 Å². The van der Waals surface area contributed by atoms with Gasteiger partial charge in [0.2, 0.25) is 0 Å². The Morgan fingerprint density at radius 3 is 2.43 bits per heavy atom. The maximum absolute atomic E-state index is 2.34. The van der Waals surface area contributed by atoms with Crippen molar-refractivity contribution in [1.29, 1.82) is 0 Å². The van der Waals surface area contributed by atoms with Crippen molar-refractivity contribution in [2.24, 2.45) is 0 Å². The first-order chi connectivity index (χ1) is 6.50. The number of benzene rings is 1. The molecule has 0 aliphatic carbocycles. The van der Waals surface area contributed by atoms with Crippen molar-refractivity contribution in [3.8, 4) is 0 Å². The van der Waals surface area contributed by atoms with E-state index < -0.39 is 0 Å². The quantitative estimate of drug-likeness (QED) is 0.592. The number of nitrogens with zero attached hydrogens (tertiary/aromatic N) is 1. The van der Waals surface area contributed by atoms with E-state index in [0.29, 0.717) is 0 Å². The minimum absolute atomic E-state index is 0.161. The number of aromatic nitrogens is 1. The van der Waals surface area contributed by atoms with Crippen LogP contribution in [0.3, 0.4) is 0 Å².